The highest BCUT2D eigenvalue weighted by molar-refractivity contribution is 6.32. The summed E-state index contributed by atoms with van der Waals surface area (Å²) in [5.41, 5.74) is 1.14. The Bertz CT molecular complexity index is 209. The largest absolute Gasteiger partial charge is 0.0844 e. The second-order valence-electron chi connectivity index (χ2n) is 2.61. The Hall–Kier alpha value is -0.490. The van der Waals surface area contributed by atoms with Gasteiger partial charge < -0.3 is 0 Å². The van der Waals surface area contributed by atoms with E-state index in [1.807, 2.05) is 19.1 Å². The van der Waals surface area contributed by atoms with E-state index in [1.165, 1.54) is 0 Å². The van der Waals surface area contributed by atoms with E-state index in [2.05, 4.69) is 19.1 Å². The van der Waals surface area contributed by atoms with Crippen LogP contribution < -0.4 is 0 Å². The van der Waals surface area contributed by atoms with E-state index >= 15 is 0 Å². The van der Waals surface area contributed by atoms with E-state index < -0.39 is 0 Å². The molecule has 0 aromatic carbocycles. The second kappa shape index (κ2) is 3.07. The maximum absolute atomic E-state index is 5.92. The molecule has 1 heteroatoms. The molecule has 1 unspecified atom stereocenters. The summed E-state index contributed by atoms with van der Waals surface area (Å²) in [5, 5.41) is 0.873. The number of hydrogen-bond acceptors (Lipinski definition) is 0. The Kier molecular flexibility index (Phi) is 2.34. The molecule has 10 heavy (non-hydrogen) atoms. The zero-order chi connectivity index (χ0) is 7.56. The molecule has 0 saturated carbocycles. The summed E-state index contributed by atoms with van der Waals surface area (Å²) in [4.78, 5) is 0. The first-order valence-corrected chi connectivity index (χ1v) is 3.80. The third-order valence-corrected chi connectivity index (χ3v) is 1.97. The number of allylic oxidation sites excluding steroid dienone is 6. The fourth-order valence-electron chi connectivity index (χ4n) is 0.873. The van der Waals surface area contributed by atoms with Crippen LogP contribution in [0, 0.1) is 5.92 Å². The lowest BCUT2D eigenvalue weighted by Gasteiger charge is -1.97. The van der Waals surface area contributed by atoms with Gasteiger partial charge in [-0.25, -0.2) is 0 Å². The SMILES string of the molecule is CC1=CC=CC(C)C=C1Cl. The average Bonchev–Trinajstić information content (AvgIpc) is 1.96. The molecule has 0 aliphatic heterocycles. The molecule has 1 atom stereocenters. The van der Waals surface area contributed by atoms with Gasteiger partial charge in [-0.1, -0.05) is 42.8 Å². The smallest absolute Gasteiger partial charge is 0.0401 e. The van der Waals surface area contributed by atoms with E-state index in [9.17, 15) is 0 Å². The third kappa shape index (κ3) is 1.74. The van der Waals surface area contributed by atoms with Crippen molar-refractivity contribution in [1.29, 1.82) is 0 Å². The van der Waals surface area contributed by atoms with Crippen LogP contribution in [0.2, 0.25) is 0 Å². The molecule has 0 amide bonds. The van der Waals surface area contributed by atoms with Crippen molar-refractivity contribution in [3.63, 3.8) is 0 Å². The van der Waals surface area contributed by atoms with Gasteiger partial charge in [0.05, 0.1) is 0 Å². The molecule has 0 radical (unpaired) electrons. The minimum absolute atomic E-state index is 0.459. The molecule has 0 N–H and O–H groups in total. The Balaban J connectivity index is 2.90. The first-order chi connectivity index (χ1) is 4.70. The van der Waals surface area contributed by atoms with Crippen LogP contribution in [0.3, 0.4) is 0 Å². The molecule has 0 fully saturated rings. The van der Waals surface area contributed by atoms with Crippen molar-refractivity contribution in [2.75, 3.05) is 0 Å². The lowest BCUT2D eigenvalue weighted by atomic mass is 10.1. The average molecular weight is 155 g/mol. The summed E-state index contributed by atoms with van der Waals surface area (Å²) < 4.78 is 0. The molecule has 0 aromatic heterocycles. The molecule has 1 rings (SSSR count). The van der Waals surface area contributed by atoms with Crippen LogP contribution in [-0.2, 0) is 0 Å². The molecule has 0 heterocycles. The monoisotopic (exact) mass is 154 g/mol. The van der Waals surface area contributed by atoms with Crippen LogP contribution in [0.15, 0.2) is 34.9 Å². The first kappa shape index (κ1) is 7.62. The molecular weight excluding hydrogens is 144 g/mol. The van der Waals surface area contributed by atoms with Gasteiger partial charge >= 0.3 is 0 Å². The summed E-state index contributed by atoms with van der Waals surface area (Å²) in [6.07, 6.45) is 8.25. The summed E-state index contributed by atoms with van der Waals surface area (Å²) >= 11 is 5.92. The van der Waals surface area contributed by atoms with E-state index in [-0.39, 0.29) is 0 Å². The van der Waals surface area contributed by atoms with Crippen LogP contribution in [0.1, 0.15) is 13.8 Å². The highest BCUT2D eigenvalue weighted by Gasteiger charge is 2.00. The zero-order valence-electron chi connectivity index (χ0n) is 6.26. The molecule has 0 saturated heterocycles. The quantitative estimate of drug-likeness (QED) is 0.503. The van der Waals surface area contributed by atoms with Crippen molar-refractivity contribution in [3.8, 4) is 0 Å². The van der Waals surface area contributed by atoms with Crippen molar-refractivity contribution in [2.24, 2.45) is 5.92 Å². The summed E-state index contributed by atoms with van der Waals surface area (Å²) in [6.45, 7) is 4.13. The topological polar surface area (TPSA) is 0 Å². The highest BCUT2D eigenvalue weighted by atomic mass is 35.5. The number of rotatable bonds is 0. The highest BCUT2D eigenvalue weighted by Crippen LogP contribution is 2.20. The Labute approximate surface area is 66.9 Å². The predicted molar refractivity (Wildman–Crippen MR) is 46.0 cm³/mol. The lowest BCUT2D eigenvalue weighted by molar-refractivity contribution is 0.939. The molecule has 0 spiro atoms. The molecule has 1 aliphatic rings. The fraction of sp³-hybridized carbons (Fsp3) is 0.333. The molecule has 0 nitrogen and oxygen atoms in total. The van der Waals surface area contributed by atoms with Gasteiger partial charge in [0.1, 0.15) is 0 Å². The van der Waals surface area contributed by atoms with Crippen molar-refractivity contribution < 1.29 is 0 Å². The second-order valence-corrected chi connectivity index (χ2v) is 3.02. The molecule has 54 valence electrons. The molecule has 0 bridgehead atoms. The van der Waals surface area contributed by atoms with Gasteiger partial charge in [0.2, 0.25) is 0 Å². The van der Waals surface area contributed by atoms with E-state index in [4.69, 9.17) is 11.6 Å². The third-order valence-electron chi connectivity index (χ3n) is 1.55. The van der Waals surface area contributed by atoms with Gasteiger partial charge in [-0.05, 0) is 18.4 Å². The summed E-state index contributed by atoms with van der Waals surface area (Å²) in [7, 11) is 0. The number of halogens is 1. The maximum atomic E-state index is 5.92. The van der Waals surface area contributed by atoms with Crippen LogP contribution >= 0.6 is 11.6 Å². The van der Waals surface area contributed by atoms with Gasteiger partial charge in [-0.15, -0.1) is 0 Å². The van der Waals surface area contributed by atoms with Gasteiger partial charge in [0, 0.05) is 5.03 Å². The molecule has 1 aliphatic carbocycles. The van der Waals surface area contributed by atoms with Crippen LogP contribution in [0.5, 0.6) is 0 Å². The van der Waals surface area contributed by atoms with Gasteiger partial charge in [0.25, 0.3) is 0 Å². The van der Waals surface area contributed by atoms with Crippen molar-refractivity contribution >= 4 is 11.6 Å². The van der Waals surface area contributed by atoms with Gasteiger partial charge in [-0.2, -0.15) is 0 Å². The summed E-state index contributed by atoms with van der Waals surface area (Å²) in [6, 6.07) is 0. The van der Waals surface area contributed by atoms with Crippen LogP contribution in [0.4, 0.5) is 0 Å². The first-order valence-electron chi connectivity index (χ1n) is 3.43. The Morgan fingerprint density at radius 1 is 1.50 bits per heavy atom. The maximum Gasteiger partial charge on any atom is 0.0401 e. The Morgan fingerprint density at radius 2 is 2.20 bits per heavy atom. The van der Waals surface area contributed by atoms with Crippen molar-refractivity contribution in [1.82, 2.24) is 0 Å². The predicted octanol–water partition coefficient (Wildman–Crippen LogP) is 3.26. The van der Waals surface area contributed by atoms with E-state index in [0.717, 1.165) is 10.6 Å². The Morgan fingerprint density at radius 3 is 2.90 bits per heavy atom. The fourth-order valence-corrected chi connectivity index (χ4v) is 1.13. The number of hydrogen-bond donors (Lipinski definition) is 0. The minimum Gasteiger partial charge on any atom is -0.0844 e. The molecule has 0 aromatic rings. The standard InChI is InChI=1S/C9H11Cl/c1-7-4-3-5-8(2)9(10)6-7/h3-7H,1-2H3. The van der Waals surface area contributed by atoms with E-state index in [1.54, 1.807) is 0 Å². The normalized spacial score (nSPS) is 25.3. The van der Waals surface area contributed by atoms with Crippen molar-refractivity contribution in [2.45, 2.75) is 13.8 Å². The summed E-state index contributed by atoms with van der Waals surface area (Å²) in [5.74, 6) is 0.459. The zero-order valence-corrected chi connectivity index (χ0v) is 7.02. The lowest BCUT2D eigenvalue weighted by Crippen LogP contribution is -1.81. The van der Waals surface area contributed by atoms with Crippen LogP contribution in [-0.4, -0.2) is 0 Å². The van der Waals surface area contributed by atoms with Gasteiger partial charge in [0.15, 0.2) is 0 Å². The van der Waals surface area contributed by atoms with Gasteiger partial charge in [-0.3, -0.25) is 0 Å². The van der Waals surface area contributed by atoms with E-state index in [0.29, 0.717) is 5.92 Å². The molecular formula is C9H11Cl. The van der Waals surface area contributed by atoms with Crippen LogP contribution in [0.25, 0.3) is 0 Å². The minimum atomic E-state index is 0.459. The van der Waals surface area contributed by atoms with Crippen molar-refractivity contribution in [3.05, 3.63) is 34.9 Å².